The predicted octanol–water partition coefficient (Wildman–Crippen LogP) is 1.97. The van der Waals surface area contributed by atoms with Crippen molar-refractivity contribution in [2.24, 2.45) is 0 Å². The van der Waals surface area contributed by atoms with Crippen LogP contribution in [-0.2, 0) is 4.79 Å². The molecule has 0 aromatic rings. The fraction of sp³-hybridized carbons (Fsp3) is 0.867. The van der Waals surface area contributed by atoms with Gasteiger partial charge in [0.1, 0.15) is 6.54 Å². The number of urea groups is 1. The standard InChI is InChI=1S/C15H27N3O2/c1-15(2,3)18-10-9-17(11-13(18)19)14(20)16-12-7-5-4-6-8-12/h12H,4-11H2,1-3H3,(H,16,20). The number of carbonyl (C=O) groups excluding carboxylic acids is 2. The summed E-state index contributed by atoms with van der Waals surface area (Å²) in [5.41, 5.74) is -0.164. The van der Waals surface area contributed by atoms with Gasteiger partial charge in [0.25, 0.3) is 0 Å². The quantitative estimate of drug-likeness (QED) is 0.799. The molecular formula is C15H27N3O2. The molecule has 0 unspecified atom stereocenters. The fourth-order valence-electron chi connectivity index (χ4n) is 3.07. The summed E-state index contributed by atoms with van der Waals surface area (Å²) in [6, 6.07) is 0.228. The first-order valence-corrected chi connectivity index (χ1v) is 7.74. The molecule has 2 aliphatic rings. The molecule has 3 amide bonds. The largest absolute Gasteiger partial charge is 0.335 e. The van der Waals surface area contributed by atoms with Crippen LogP contribution in [0.3, 0.4) is 0 Å². The van der Waals surface area contributed by atoms with Crippen LogP contribution >= 0.6 is 0 Å². The second-order valence-electron chi connectivity index (χ2n) is 6.92. The van der Waals surface area contributed by atoms with Gasteiger partial charge in [-0.2, -0.15) is 0 Å². The molecule has 1 aliphatic heterocycles. The van der Waals surface area contributed by atoms with Gasteiger partial charge in [-0.25, -0.2) is 4.79 Å². The van der Waals surface area contributed by atoms with Crippen molar-refractivity contribution in [1.29, 1.82) is 0 Å². The van der Waals surface area contributed by atoms with E-state index in [-0.39, 0.29) is 24.0 Å². The third-order valence-electron chi connectivity index (χ3n) is 4.25. The van der Waals surface area contributed by atoms with E-state index >= 15 is 0 Å². The van der Waals surface area contributed by atoms with Crippen molar-refractivity contribution in [3.8, 4) is 0 Å². The molecule has 1 saturated heterocycles. The van der Waals surface area contributed by atoms with Gasteiger partial charge in [0.2, 0.25) is 5.91 Å². The lowest BCUT2D eigenvalue weighted by molar-refractivity contribution is -0.140. The molecule has 1 aliphatic carbocycles. The number of hydrogen-bond donors (Lipinski definition) is 1. The maximum Gasteiger partial charge on any atom is 0.318 e. The van der Waals surface area contributed by atoms with Crippen molar-refractivity contribution in [3.05, 3.63) is 0 Å². The number of rotatable bonds is 1. The monoisotopic (exact) mass is 281 g/mol. The van der Waals surface area contributed by atoms with Gasteiger partial charge in [0.05, 0.1) is 0 Å². The Labute approximate surface area is 121 Å². The molecule has 1 heterocycles. The minimum atomic E-state index is -0.164. The average molecular weight is 281 g/mol. The first-order valence-electron chi connectivity index (χ1n) is 7.74. The summed E-state index contributed by atoms with van der Waals surface area (Å²) in [7, 11) is 0. The summed E-state index contributed by atoms with van der Waals surface area (Å²) in [5, 5.41) is 3.08. The van der Waals surface area contributed by atoms with Crippen LogP contribution in [0.4, 0.5) is 4.79 Å². The molecule has 0 aromatic heterocycles. The van der Waals surface area contributed by atoms with Crippen molar-refractivity contribution < 1.29 is 9.59 Å². The Balaban J connectivity index is 1.85. The van der Waals surface area contributed by atoms with E-state index in [9.17, 15) is 9.59 Å². The van der Waals surface area contributed by atoms with Gasteiger partial charge in [-0.3, -0.25) is 4.79 Å². The topological polar surface area (TPSA) is 52.6 Å². The molecule has 2 fully saturated rings. The van der Waals surface area contributed by atoms with Crippen LogP contribution < -0.4 is 5.32 Å². The van der Waals surface area contributed by atoms with Crippen LogP contribution in [0, 0.1) is 0 Å². The lowest BCUT2D eigenvalue weighted by atomic mass is 9.96. The van der Waals surface area contributed by atoms with E-state index in [0.29, 0.717) is 19.1 Å². The summed E-state index contributed by atoms with van der Waals surface area (Å²) >= 11 is 0. The Kier molecular flexibility index (Phi) is 4.55. The molecule has 1 N–H and O–H groups in total. The van der Waals surface area contributed by atoms with Gasteiger partial charge in [-0.15, -0.1) is 0 Å². The minimum absolute atomic E-state index is 0.0440. The highest BCUT2D eigenvalue weighted by molar-refractivity contribution is 5.85. The van der Waals surface area contributed by atoms with Crippen LogP contribution in [0.2, 0.25) is 0 Å². The first kappa shape index (κ1) is 15.1. The second kappa shape index (κ2) is 6.02. The number of piperazine rings is 1. The summed E-state index contributed by atoms with van der Waals surface area (Å²) < 4.78 is 0. The lowest BCUT2D eigenvalue weighted by Gasteiger charge is -2.42. The average Bonchev–Trinajstić information content (AvgIpc) is 2.38. The zero-order valence-corrected chi connectivity index (χ0v) is 12.9. The third kappa shape index (κ3) is 3.64. The molecule has 1 saturated carbocycles. The fourth-order valence-corrected chi connectivity index (χ4v) is 3.07. The molecule has 2 rings (SSSR count). The van der Waals surface area contributed by atoms with Crippen LogP contribution in [0.1, 0.15) is 52.9 Å². The van der Waals surface area contributed by atoms with Crippen LogP contribution in [0.5, 0.6) is 0 Å². The summed E-state index contributed by atoms with van der Waals surface area (Å²) in [4.78, 5) is 27.9. The van der Waals surface area contributed by atoms with Crippen LogP contribution in [0.15, 0.2) is 0 Å². The van der Waals surface area contributed by atoms with E-state index in [1.54, 1.807) is 4.90 Å². The molecule has 0 aromatic carbocycles. The minimum Gasteiger partial charge on any atom is -0.335 e. The number of amides is 3. The van der Waals surface area contributed by atoms with Crippen molar-refractivity contribution in [1.82, 2.24) is 15.1 Å². The van der Waals surface area contributed by atoms with Crippen LogP contribution in [-0.4, -0.2) is 53.0 Å². The zero-order chi connectivity index (χ0) is 14.8. The van der Waals surface area contributed by atoms with Gasteiger partial charge in [-0.1, -0.05) is 19.3 Å². The maximum atomic E-state index is 12.2. The highest BCUT2D eigenvalue weighted by Gasteiger charge is 2.33. The van der Waals surface area contributed by atoms with E-state index in [1.807, 2.05) is 25.7 Å². The molecule has 20 heavy (non-hydrogen) atoms. The first-order chi connectivity index (χ1) is 9.38. The third-order valence-corrected chi connectivity index (χ3v) is 4.25. The summed E-state index contributed by atoms with van der Waals surface area (Å²) in [6.45, 7) is 7.55. The normalized spacial score (nSPS) is 22.1. The van der Waals surface area contributed by atoms with Gasteiger partial charge in [-0.05, 0) is 33.6 Å². The SMILES string of the molecule is CC(C)(C)N1CCN(C(=O)NC2CCCCC2)CC1=O. The Morgan fingerprint density at radius 3 is 2.35 bits per heavy atom. The smallest absolute Gasteiger partial charge is 0.318 e. The molecule has 5 heteroatoms. The van der Waals surface area contributed by atoms with E-state index in [0.717, 1.165) is 12.8 Å². The van der Waals surface area contributed by atoms with E-state index in [4.69, 9.17) is 0 Å². The van der Waals surface area contributed by atoms with Gasteiger partial charge >= 0.3 is 6.03 Å². The number of hydrogen-bond acceptors (Lipinski definition) is 2. The maximum absolute atomic E-state index is 12.2. The highest BCUT2D eigenvalue weighted by atomic mass is 16.2. The van der Waals surface area contributed by atoms with E-state index in [1.165, 1.54) is 19.3 Å². The van der Waals surface area contributed by atoms with Crippen molar-refractivity contribution in [3.63, 3.8) is 0 Å². The van der Waals surface area contributed by atoms with Gasteiger partial charge < -0.3 is 15.1 Å². The Morgan fingerprint density at radius 2 is 1.80 bits per heavy atom. The Bertz CT molecular complexity index is 370. The Hall–Kier alpha value is -1.26. The zero-order valence-electron chi connectivity index (χ0n) is 12.9. The van der Waals surface area contributed by atoms with Crippen molar-refractivity contribution >= 4 is 11.9 Å². The molecule has 0 radical (unpaired) electrons. The van der Waals surface area contributed by atoms with Crippen molar-refractivity contribution in [2.45, 2.75) is 64.5 Å². The molecule has 114 valence electrons. The van der Waals surface area contributed by atoms with E-state index in [2.05, 4.69) is 5.32 Å². The number of carbonyl (C=O) groups is 2. The molecule has 0 atom stereocenters. The number of nitrogens with one attached hydrogen (secondary N) is 1. The highest BCUT2D eigenvalue weighted by Crippen LogP contribution is 2.19. The van der Waals surface area contributed by atoms with Gasteiger partial charge in [0.15, 0.2) is 0 Å². The second-order valence-corrected chi connectivity index (χ2v) is 6.92. The molecule has 0 spiro atoms. The predicted molar refractivity (Wildman–Crippen MR) is 78.4 cm³/mol. The molecule has 5 nitrogen and oxygen atoms in total. The molecule has 0 bridgehead atoms. The van der Waals surface area contributed by atoms with Crippen molar-refractivity contribution in [2.75, 3.05) is 19.6 Å². The van der Waals surface area contributed by atoms with Gasteiger partial charge in [0, 0.05) is 24.7 Å². The Morgan fingerprint density at radius 1 is 1.15 bits per heavy atom. The van der Waals surface area contributed by atoms with Crippen LogP contribution in [0.25, 0.3) is 0 Å². The summed E-state index contributed by atoms with van der Waals surface area (Å²) in [6.07, 6.45) is 5.81. The molecular weight excluding hydrogens is 254 g/mol. The van der Waals surface area contributed by atoms with E-state index < -0.39 is 0 Å². The number of nitrogens with zero attached hydrogens (tertiary/aromatic N) is 2. The summed E-state index contributed by atoms with van der Waals surface area (Å²) in [5.74, 6) is 0.0440. The lowest BCUT2D eigenvalue weighted by Crippen LogP contribution is -2.60.